The maximum atomic E-state index is 13.2. The van der Waals surface area contributed by atoms with Crippen LogP contribution >= 0.6 is 0 Å². The van der Waals surface area contributed by atoms with Gasteiger partial charge in [-0.25, -0.2) is 0 Å². The predicted molar refractivity (Wildman–Crippen MR) is 102 cm³/mol. The number of para-hydroxylation sites is 1. The average Bonchev–Trinajstić information content (AvgIpc) is 3.27. The molecule has 2 amide bonds. The predicted octanol–water partition coefficient (Wildman–Crippen LogP) is 1.96. The van der Waals surface area contributed by atoms with Gasteiger partial charge in [-0.2, -0.15) is 0 Å². The number of carbonyl (C=O) groups is 2. The highest BCUT2D eigenvalue weighted by Gasteiger charge is 2.66. The highest BCUT2D eigenvalue weighted by atomic mass is 16.2. The van der Waals surface area contributed by atoms with Gasteiger partial charge in [0, 0.05) is 53.2 Å². The second-order valence-corrected chi connectivity index (χ2v) is 8.44. The molecule has 1 saturated heterocycles. The summed E-state index contributed by atoms with van der Waals surface area (Å²) in [6.45, 7) is 2.17. The molecule has 6 unspecified atom stereocenters. The van der Waals surface area contributed by atoms with Crippen molar-refractivity contribution in [2.24, 2.45) is 11.3 Å². The molecule has 0 radical (unpaired) electrons. The van der Waals surface area contributed by atoms with Gasteiger partial charge in [-0.3, -0.25) is 14.5 Å². The quantitative estimate of drug-likeness (QED) is 0.695. The molecule has 3 heterocycles. The first kappa shape index (κ1) is 15.4. The van der Waals surface area contributed by atoms with Gasteiger partial charge in [-0.05, 0) is 11.6 Å². The molecule has 5 heteroatoms. The molecule has 6 atom stereocenters. The number of imide groups is 1. The summed E-state index contributed by atoms with van der Waals surface area (Å²) in [5.41, 5.74) is 3.20. The summed E-state index contributed by atoms with van der Waals surface area (Å²) in [4.78, 5) is 27.7. The zero-order valence-electron chi connectivity index (χ0n) is 15.3. The van der Waals surface area contributed by atoms with E-state index in [2.05, 4.69) is 54.0 Å². The molecule has 5 aliphatic rings. The van der Waals surface area contributed by atoms with Crippen LogP contribution in [0.5, 0.6) is 0 Å². The summed E-state index contributed by atoms with van der Waals surface area (Å²) < 4.78 is 0. The molecule has 1 aromatic rings. The standard InChI is InChI=1S/C22H21N3O2/c1-22-12-8-4-6-10-14(12)24-19(22)18-15(11-7-3-5-9-13(11)23-18)16-17(22)21(27)25(2)20(16)26/h3-10,12,14-15,18-19,23-24H,1-2H3. The van der Waals surface area contributed by atoms with E-state index in [1.165, 1.54) is 4.90 Å². The van der Waals surface area contributed by atoms with Crippen molar-refractivity contribution in [1.82, 2.24) is 10.2 Å². The lowest BCUT2D eigenvalue weighted by Crippen LogP contribution is -2.55. The minimum absolute atomic E-state index is 0.0572. The first-order chi connectivity index (χ1) is 13.0. The van der Waals surface area contributed by atoms with E-state index in [1.807, 2.05) is 12.1 Å². The van der Waals surface area contributed by atoms with Gasteiger partial charge in [0.2, 0.25) is 0 Å². The van der Waals surface area contributed by atoms with Crippen LogP contribution in [0.15, 0.2) is 59.7 Å². The van der Waals surface area contributed by atoms with Crippen molar-refractivity contribution in [3.05, 3.63) is 65.3 Å². The molecule has 136 valence electrons. The molecular weight excluding hydrogens is 338 g/mol. The van der Waals surface area contributed by atoms with Gasteiger partial charge in [0.15, 0.2) is 0 Å². The lowest BCUT2D eigenvalue weighted by atomic mass is 9.58. The van der Waals surface area contributed by atoms with Crippen LogP contribution in [-0.4, -0.2) is 41.9 Å². The van der Waals surface area contributed by atoms with E-state index in [0.29, 0.717) is 5.57 Å². The number of carbonyl (C=O) groups excluding carboxylic acids is 2. The minimum Gasteiger partial charge on any atom is -0.379 e. The third kappa shape index (κ3) is 1.61. The first-order valence-corrected chi connectivity index (χ1v) is 9.57. The van der Waals surface area contributed by atoms with E-state index in [1.54, 1.807) is 7.05 Å². The molecular formula is C22H21N3O2. The van der Waals surface area contributed by atoms with Crippen molar-refractivity contribution in [3.63, 3.8) is 0 Å². The number of likely N-dealkylation sites (N-methyl/N-ethyl adjacent to an activating group) is 1. The molecule has 0 bridgehead atoms. The van der Waals surface area contributed by atoms with Crippen LogP contribution in [0.25, 0.3) is 0 Å². The number of anilines is 1. The second kappa shape index (κ2) is 4.78. The lowest BCUT2D eigenvalue weighted by Gasteiger charge is -2.45. The van der Waals surface area contributed by atoms with Gasteiger partial charge >= 0.3 is 0 Å². The van der Waals surface area contributed by atoms with Crippen LogP contribution in [0.3, 0.4) is 0 Å². The molecule has 6 rings (SSSR count). The van der Waals surface area contributed by atoms with Crippen molar-refractivity contribution in [1.29, 1.82) is 0 Å². The molecule has 0 aromatic heterocycles. The summed E-state index contributed by atoms with van der Waals surface area (Å²) >= 11 is 0. The Morgan fingerprint density at radius 2 is 1.85 bits per heavy atom. The fraction of sp³-hybridized carbons (Fsp3) is 0.364. The van der Waals surface area contributed by atoms with E-state index < -0.39 is 5.41 Å². The highest BCUT2D eigenvalue weighted by molar-refractivity contribution is 6.21. The summed E-state index contributed by atoms with van der Waals surface area (Å²) in [5.74, 6) is -0.193. The average molecular weight is 359 g/mol. The maximum absolute atomic E-state index is 13.2. The largest absolute Gasteiger partial charge is 0.379 e. The summed E-state index contributed by atoms with van der Waals surface area (Å²) in [5, 5.41) is 7.47. The van der Waals surface area contributed by atoms with Gasteiger partial charge in [0.1, 0.15) is 0 Å². The zero-order chi connectivity index (χ0) is 18.5. The number of nitrogens with zero attached hydrogens (tertiary/aromatic N) is 1. The third-order valence-corrected chi connectivity index (χ3v) is 7.35. The van der Waals surface area contributed by atoms with Crippen LogP contribution in [0.1, 0.15) is 18.4 Å². The van der Waals surface area contributed by atoms with Crippen LogP contribution in [0.2, 0.25) is 0 Å². The molecule has 2 N–H and O–H groups in total. The van der Waals surface area contributed by atoms with E-state index in [-0.39, 0.29) is 41.8 Å². The number of allylic oxidation sites excluding steroid dienone is 2. The molecule has 27 heavy (non-hydrogen) atoms. The fourth-order valence-electron chi connectivity index (χ4n) is 6.16. The topological polar surface area (TPSA) is 61.4 Å². The number of benzene rings is 1. The van der Waals surface area contributed by atoms with Crippen molar-refractivity contribution in [2.75, 3.05) is 12.4 Å². The zero-order valence-corrected chi connectivity index (χ0v) is 15.3. The number of hydrogen-bond acceptors (Lipinski definition) is 4. The molecule has 1 aromatic carbocycles. The Morgan fingerprint density at radius 1 is 1.07 bits per heavy atom. The summed E-state index contributed by atoms with van der Waals surface area (Å²) in [7, 11) is 1.61. The van der Waals surface area contributed by atoms with Crippen LogP contribution in [0, 0.1) is 11.3 Å². The van der Waals surface area contributed by atoms with Gasteiger partial charge < -0.3 is 10.6 Å². The Labute approximate surface area is 157 Å². The van der Waals surface area contributed by atoms with Crippen molar-refractivity contribution in [3.8, 4) is 0 Å². The Balaban J connectivity index is 1.64. The first-order valence-electron chi connectivity index (χ1n) is 9.57. The fourth-order valence-corrected chi connectivity index (χ4v) is 6.16. The molecule has 2 aliphatic carbocycles. The number of hydrogen-bond donors (Lipinski definition) is 2. The van der Waals surface area contributed by atoms with E-state index in [4.69, 9.17) is 0 Å². The second-order valence-electron chi connectivity index (χ2n) is 8.44. The number of nitrogens with one attached hydrogen (secondary N) is 2. The van der Waals surface area contributed by atoms with Gasteiger partial charge in [0.25, 0.3) is 11.8 Å². The van der Waals surface area contributed by atoms with Crippen molar-refractivity contribution < 1.29 is 9.59 Å². The van der Waals surface area contributed by atoms with E-state index in [9.17, 15) is 9.59 Å². The van der Waals surface area contributed by atoms with Crippen LogP contribution < -0.4 is 10.6 Å². The summed E-state index contributed by atoms with van der Waals surface area (Å²) in [6, 6.07) is 8.47. The highest BCUT2D eigenvalue weighted by Crippen LogP contribution is 2.60. The van der Waals surface area contributed by atoms with Gasteiger partial charge in [0.05, 0.1) is 6.04 Å². The Morgan fingerprint density at radius 3 is 2.70 bits per heavy atom. The van der Waals surface area contributed by atoms with E-state index in [0.717, 1.165) is 16.8 Å². The Hall–Kier alpha value is -2.66. The molecule has 0 spiro atoms. The maximum Gasteiger partial charge on any atom is 0.257 e. The number of amides is 2. The summed E-state index contributed by atoms with van der Waals surface area (Å²) in [6.07, 6.45) is 8.49. The molecule has 0 saturated carbocycles. The SMILES string of the molecule is CN1C(=O)C2=C(C1=O)C1(C)C3C=CC=CC3NC1C1Nc3ccccc3C21. The molecule has 3 aliphatic heterocycles. The number of rotatable bonds is 0. The van der Waals surface area contributed by atoms with Gasteiger partial charge in [-0.15, -0.1) is 0 Å². The van der Waals surface area contributed by atoms with Crippen LogP contribution in [0.4, 0.5) is 5.69 Å². The third-order valence-electron chi connectivity index (χ3n) is 7.35. The minimum atomic E-state index is -0.422. The lowest BCUT2D eigenvalue weighted by molar-refractivity contribution is -0.136. The van der Waals surface area contributed by atoms with Crippen molar-refractivity contribution in [2.45, 2.75) is 31.0 Å². The van der Waals surface area contributed by atoms with Gasteiger partial charge in [-0.1, -0.05) is 49.4 Å². The van der Waals surface area contributed by atoms with Crippen molar-refractivity contribution >= 4 is 17.5 Å². The Kier molecular flexibility index (Phi) is 2.73. The normalized spacial score (nSPS) is 40.5. The van der Waals surface area contributed by atoms with Crippen LogP contribution in [-0.2, 0) is 9.59 Å². The monoisotopic (exact) mass is 359 g/mol. The van der Waals surface area contributed by atoms with E-state index >= 15 is 0 Å². The molecule has 1 fully saturated rings. The molecule has 5 nitrogen and oxygen atoms in total. The number of fused-ring (bicyclic) bond motifs is 9. The smallest absolute Gasteiger partial charge is 0.257 e. The Bertz CT molecular complexity index is 1010.